The smallest absolute Gasteiger partial charge is 0.333 e. The normalized spacial score (nSPS) is 27.9. The van der Waals surface area contributed by atoms with Crippen molar-refractivity contribution in [1.29, 1.82) is 0 Å². The number of anilines is 1. The largest absolute Gasteiger partial charge is 0.387 e. The Morgan fingerprint density at radius 1 is 1.38 bits per heavy atom. The minimum Gasteiger partial charge on any atom is -0.387 e. The molecule has 0 bridgehead atoms. The highest BCUT2D eigenvalue weighted by atomic mass is 32.2. The van der Waals surface area contributed by atoms with E-state index in [-0.39, 0.29) is 22.5 Å². The van der Waals surface area contributed by atoms with E-state index in [0.717, 1.165) is 4.68 Å². The van der Waals surface area contributed by atoms with Gasteiger partial charge in [-0.1, -0.05) is 0 Å². The fraction of sp³-hybridized carbons (Fsp3) is 0.583. The molecule has 0 aliphatic carbocycles. The summed E-state index contributed by atoms with van der Waals surface area (Å²) in [6, 6.07) is 0. The zero-order chi connectivity index (χ0) is 19.2. The number of rotatable bonds is 5. The van der Waals surface area contributed by atoms with E-state index in [9.17, 15) is 23.7 Å². The number of nitrogens with zero attached hydrogens (tertiary/aromatic N) is 4. The van der Waals surface area contributed by atoms with Crippen molar-refractivity contribution >= 4 is 27.2 Å². The van der Waals surface area contributed by atoms with Gasteiger partial charge in [-0.3, -0.25) is 4.18 Å². The maximum Gasteiger partial charge on any atom is 0.333 e. The molecule has 13 nitrogen and oxygen atoms in total. The van der Waals surface area contributed by atoms with E-state index in [4.69, 9.17) is 15.6 Å². The minimum atomic E-state index is -4.25. The van der Waals surface area contributed by atoms with Gasteiger partial charge in [0.15, 0.2) is 11.9 Å². The molecule has 2 aromatic rings. The second kappa shape index (κ2) is 6.66. The summed E-state index contributed by atoms with van der Waals surface area (Å²) < 4.78 is 32.8. The minimum absolute atomic E-state index is 0.0688. The lowest BCUT2D eigenvalue weighted by Gasteiger charge is -2.15. The summed E-state index contributed by atoms with van der Waals surface area (Å²) in [7, 11) is -4.25. The van der Waals surface area contributed by atoms with Gasteiger partial charge in [-0.25, -0.2) is 19.8 Å². The topological polar surface area (TPSA) is 209 Å². The summed E-state index contributed by atoms with van der Waals surface area (Å²) >= 11 is 0. The van der Waals surface area contributed by atoms with Gasteiger partial charge < -0.3 is 25.8 Å². The first-order valence-electron chi connectivity index (χ1n) is 7.45. The molecular weight excluding hydrogens is 372 g/mol. The lowest BCUT2D eigenvalue weighted by Crippen LogP contribution is -2.35. The molecular formula is C12H18N6O7S. The third-order valence-corrected chi connectivity index (χ3v) is 4.38. The number of hydrogen-bond acceptors (Lipinski definition) is 11. The summed E-state index contributed by atoms with van der Waals surface area (Å²) in [6.45, 7) is 0.856. The second-order valence-electron chi connectivity index (χ2n) is 5.79. The van der Waals surface area contributed by atoms with E-state index in [0.29, 0.717) is 0 Å². The molecule has 14 heteroatoms. The molecule has 5 atom stereocenters. The lowest BCUT2D eigenvalue weighted by atomic mass is 10.1. The standard InChI is InChI=1S/C12H18N6O7S/c1-4(19)7-6-10(13)15-3-16-11(6)18(17-7)12-9(21)8(20)5(25-12)2-24-26(14,22)23/h3-5,8-9,12,19-21H,2H2,1H3,(H2,13,15,16)(H2,14,22,23)/t4?,5-,8-,9-,12-/m1/s1. The van der Waals surface area contributed by atoms with E-state index in [1.807, 2.05) is 0 Å². The Morgan fingerprint density at radius 2 is 2.08 bits per heavy atom. The van der Waals surface area contributed by atoms with Crippen LogP contribution in [0.25, 0.3) is 11.0 Å². The SMILES string of the molecule is CC(O)c1nn([C@@H]2O[C@H](COS(N)(=O)=O)[C@@H](O)[C@H]2O)c2ncnc(N)c12. The Bertz CT molecular complexity index is 916. The van der Waals surface area contributed by atoms with Crippen molar-refractivity contribution < 1.29 is 32.7 Å². The van der Waals surface area contributed by atoms with Gasteiger partial charge in [-0.2, -0.15) is 13.5 Å². The highest BCUT2D eigenvalue weighted by Crippen LogP contribution is 2.34. The van der Waals surface area contributed by atoms with Gasteiger partial charge >= 0.3 is 10.3 Å². The summed E-state index contributed by atoms with van der Waals surface area (Å²) in [5.41, 5.74) is 6.15. The molecule has 0 saturated carbocycles. The second-order valence-corrected chi connectivity index (χ2v) is 7.01. The third kappa shape index (κ3) is 3.35. The highest BCUT2D eigenvalue weighted by molar-refractivity contribution is 7.84. The maximum absolute atomic E-state index is 10.9. The van der Waals surface area contributed by atoms with Crippen LogP contribution in [0.2, 0.25) is 0 Å². The first kappa shape index (κ1) is 18.8. The van der Waals surface area contributed by atoms with Crippen LogP contribution in [-0.2, 0) is 19.2 Å². The number of ether oxygens (including phenoxy) is 1. The molecule has 144 valence electrons. The molecule has 1 unspecified atom stereocenters. The third-order valence-electron chi connectivity index (χ3n) is 3.92. The van der Waals surface area contributed by atoms with Crippen LogP contribution >= 0.6 is 0 Å². The number of aliphatic hydroxyl groups is 3. The van der Waals surface area contributed by atoms with Crippen molar-refractivity contribution in [2.75, 3.05) is 12.3 Å². The van der Waals surface area contributed by atoms with E-state index in [1.165, 1.54) is 13.3 Å². The van der Waals surface area contributed by atoms with Crippen LogP contribution in [0.1, 0.15) is 24.9 Å². The molecule has 1 fully saturated rings. The van der Waals surface area contributed by atoms with Crippen LogP contribution in [0.3, 0.4) is 0 Å². The molecule has 0 aromatic carbocycles. The Hall–Kier alpha value is -1.94. The highest BCUT2D eigenvalue weighted by Gasteiger charge is 2.45. The zero-order valence-corrected chi connectivity index (χ0v) is 14.3. The Morgan fingerprint density at radius 3 is 2.69 bits per heavy atom. The molecule has 0 spiro atoms. The van der Waals surface area contributed by atoms with Crippen molar-refractivity contribution in [3.05, 3.63) is 12.0 Å². The summed E-state index contributed by atoms with van der Waals surface area (Å²) in [6.07, 6.45) is -5.23. The predicted octanol–water partition coefficient (Wildman–Crippen LogP) is -2.70. The van der Waals surface area contributed by atoms with Gasteiger partial charge in [0, 0.05) is 0 Å². The average molecular weight is 390 g/mol. The number of nitrogen functional groups attached to an aromatic ring is 1. The summed E-state index contributed by atoms with van der Waals surface area (Å²) in [5.74, 6) is 0.0688. The Kier molecular flexibility index (Phi) is 4.82. The monoisotopic (exact) mass is 390 g/mol. The van der Waals surface area contributed by atoms with E-state index < -0.39 is 47.6 Å². The Labute approximate surface area is 147 Å². The first-order valence-corrected chi connectivity index (χ1v) is 8.92. The number of aromatic nitrogens is 4. The van der Waals surface area contributed by atoms with Crippen molar-refractivity contribution in [2.45, 2.75) is 37.6 Å². The quantitative estimate of drug-likeness (QED) is 0.354. The molecule has 7 N–H and O–H groups in total. The summed E-state index contributed by atoms with van der Waals surface area (Å²) in [4.78, 5) is 7.88. The van der Waals surface area contributed by atoms with Gasteiger partial charge in [-0.05, 0) is 6.92 Å². The number of fused-ring (bicyclic) bond motifs is 1. The zero-order valence-electron chi connectivity index (χ0n) is 13.5. The van der Waals surface area contributed by atoms with Crippen LogP contribution in [-0.4, -0.2) is 68.4 Å². The van der Waals surface area contributed by atoms with Crippen molar-refractivity contribution in [3.8, 4) is 0 Å². The van der Waals surface area contributed by atoms with Crippen LogP contribution < -0.4 is 10.9 Å². The fourth-order valence-corrected chi connectivity index (χ4v) is 3.05. The molecule has 0 amide bonds. The van der Waals surface area contributed by atoms with Crippen LogP contribution in [0.15, 0.2) is 6.33 Å². The molecule has 1 saturated heterocycles. The van der Waals surface area contributed by atoms with E-state index >= 15 is 0 Å². The lowest BCUT2D eigenvalue weighted by molar-refractivity contribution is -0.0531. The molecule has 3 heterocycles. The molecule has 1 aliphatic heterocycles. The molecule has 3 rings (SSSR count). The fourth-order valence-electron chi connectivity index (χ4n) is 2.72. The molecule has 26 heavy (non-hydrogen) atoms. The van der Waals surface area contributed by atoms with Gasteiger partial charge in [0.05, 0.1) is 18.1 Å². The predicted molar refractivity (Wildman–Crippen MR) is 85.4 cm³/mol. The Balaban J connectivity index is 1.98. The van der Waals surface area contributed by atoms with Gasteiger partial charge in [0.25, 0.3) is 0 Å². The van der Waals surface area contributed by atoms with Gasteiger partial charge in [0.1, 0.15) is 36.2 Å². The van der Waals surface area contributed by atoms with Crippen molar-refractivity contribution in [3.63, 3.8) is 0 Å². The van der Waals surface area contributed by atoms with Crippen molar-refractivity contribution in [2.24, 2.45) is 5.14 Å². The van der Waals surface area contributed by atoms with Gasteiger partial charge in [-0.15, -0.1) is 0 Å². The molecule has 0 radical (unpaired) electrons. The maximum atomic E-state index is 10.9. The number of aliphatic hydroxyl groups excluding tert-OH is 3. The number of hydrogen-bond donors (Lipinski definition) is 5. The molecule has 1 aliphatic rings. The van der Waals surface area contributed by atoms with E-state index in [2.05, 4.69) is 19.2 Å². The summed E-state index contributed by atoms with van der Waals surface area (Å²) in [5, 5.41) is 39.5. The van der Waals surface area contributed by atoms with E-state index in [1.54, 1.807) is 0 Å². The average Bonchev–Trinajstić information content (AvgIpc) is 3.06. The van der Waals surface area contributed by atoms with Crippen molar-refractivity contribution in [1.82, 2.24) is 19.7 Å². The van der Waals surface area contributed by atoms with Crippen LogP contribution in [0.4, 0.5) is 5.82 Å². The first-order chi connectivity index (χ1) is 12.1. The van der Waals surface area contributed by atoms with Gasteiger partial charge in [0.2, 0.25) is 0 Å². The number of nitrogens with two attached hydrogens (primary N) is 2. The van der Waals surface area contributed by atoms with Crippen LogP contribution in [0, 0.1) is 0 Å². The van der Waals surface area contributed by atoms with Crippen LogP contribution in [0.5, 0.6) is 0 Å². The molecule has 2 aromatic heterocycles.